The second-order valence-electron chi connectivity index (χ2n) is 5.55. The van der Waals surface area contributed by atoms with Gasteiger partial charge < -0.3 is 19.9 Å². The van der Waals surface area contributed by atoms with Gasteiger partial charge in [0.25, 0.3) is 5.91 Å². The van der Waals surface area contributed by atoms with E-state index in [-0.39, 0.29) is 31.2 Å². The normalized spacial score (nSPS) is 10.3. The number of aliphatic carboxylic acids is 1. The van der Waals surface area contributed by atoms with Gasteiger partial charge in [-0.05, 0) is 18.2 Å². The van der Waals surface area contributed by atoms with Crippen LogP contribution in [0, 0.1) is 0 Å². The molecule has 8 nitrogen and oxygen atoms in total. The summed E-state index contributed by atoms with van der Waals surface area (Å²) in [4.78, 5) is 40.1. The Bertz CT molecular complexity index is 743. The van der Waals surface area contributed by atoms with Crippen LogP contribution in [-0.4, -0.2) is 50.9 Å². The third-order valence-corrected chi connectivity index (χ3v) is 3.56. The Kier molecular flexibility index (Phi) is 6.27. The highest BCUT2D eigenvalue weighted by Gasteiger charge is 2.13. The van der Waals surface area contributed by atoms with E-state index < -0.39 is 5.97 Å². The molecule has 2 aromatic rings. The van der Waals surface area contributed by atoms with Gasteiger partial charge in [-0.25, -0.2) is 4.98 Å². The van der Waals surface area contributed by atoms with Crippen LogP contribution in [0.25, 0.3) is 0 Å². The Hall–Kier alpha value is -3.16. The van der Waals surface area contributed by atoms with Gasteiger partial charge in [-0.1, -0.05) is 6.07 Å². The number of carboxylic acid groups (broad SMARTS) is 1. The number of nitrogens with zero attached hydrogens (tertiary/aromatic N) is 3. The Morgan fingerprint density at radius 3 is 2.76 bits per heavy atom. The Morgan fingerprint density at radius 1 is 1.28 bits per heavy atom. The summed E-state index contributed by atoms with van der Waals surface area (Å²) in [5, 5.41) is 11.4. The summed E-state index contributed by atoms with van der Waals surface area (Å²) in [5.74, 6) is -1.42. The van der Waals surface area contributed by atoms with Crippen LogP contribution in [-0.2, 0) is 16.1 Å². The molecule has 1 aromatic carbocycles. The molecule has 2 N–H and O–H groups in total. The third kappa shape index (κ3) is 5.76. The number of anilines is 1. The summed E-state index contributed by atoms with van der Waals surface area (Å²) < 4.78 is 1.80. The van der Waals surface area contributed by atoms with Gasteiger partial charge in [-0.2, -0.15) is 0 Å². The third-order valence-electron chi connectivity index (χ3n) is 3.56. The molecule has 0 aliphatic rings. The molecular formula is C17H20N4O4. The van der Waals surface area contributed by atoms with E-state index in [9.17, 15) is 14.4 Å². The van der Waals surface area contributed by atoms with Gasteiger partial charge in [0.05, 0.1) is 12.7 Å². The minimum absolute atomic E-state index is 0.118. The van der Waals surface area contributed by atoms with E-state index in [4.69, 9.17) is 5.11 Å². The summed E-state index contributed by atoms with van der Waals surface area (Å²) in [7, 11) is 1.54. The highest BCUT2D eigenvalue weighted by atomic mass is 16.4. The quantitative estimate of drug-likeness (QED) is 0.754. The molecule has 0 atom stereocenters. The summed E-state index contributed by atoms with van der Waals surface area (Å²) >= 11 is 0. The molecular weight excluding hydrogens is 324 g/mol. The predicted octanol–water partition coefficient (Wildman–Crippen LogP) is 1.46. The summed E-state index contributed by atoms with van der Waals surface area (Å²) in [5.41, 5.74) is 0.911. The first-order chi connectivity index (χ1) is 12.0. The van der Waals surface area contributed by atoms with Crippen LogP contribution in [0.3, 0.4) is 0 Å². The van der Waals surface area contributed by atoms with E-state index in [0.29, 0.717) is 17.8 Å². The number of carbonyl (C=O) groups is 3. The number of hydrogen-bond acceptors (Lipinski definition) is 4. The molecule has 1 heterocycles. The Morgan fingerprint density at radius 2 is 2.08 bits per heavy atom. The number of carboxylic acids is 1. The number of imidazole rings is 1. The van der Waals surface area contributed by atoms with Gasteiger partial charge in [0.2, 0.25) is 5.91 Å². The summed E-state index contributed by atoms with van der Waals surface area (Å²) in [6, 6.07) is 6.57. The van der Waals surface area contributed by atoms with E-state index in [1.807, 2.05) is 0 Å². The lowest BCUT2D eigenvalue weighted by Gasteiger charge is -2.16. The monoisotopic (exact) mass is 344 g/mol. The standard InChI is InChI=1S/C17H20N4O4/c1-20(8-6-16(23)24)17(25)13-3-2-4-14(11-13)19-15(22)5-9-21-10-7-18-12-21/h2-4,7,10-12H,5-6,8-9H2,1H3,(H,19,22)(H,23,24). The van der Waals surface area contributed by atoms with Crippen LogP contribution in [0.15, 0.2) is 43.0 Å². The lowest BCUT2D eigenvalue weighted by molar-refractivity contribution is -0.137. The molecule has 0 aliphatic heterocycles. The zero-order chi connectivity index (χ0) is 18.2. The van der Waals surface area contributed by atoms with Crippen LogP contribution in [0.1, 0.15) is 23.2 Å². The van der Waals surface area contributed by atoms with Gasteiger partial charge in [-0.15, -0.1) is 0 Å². The molecule has 25 heavy (non-hydrogen) atoms. The summed E-state index contributed by atoms with van der Waals surface area (Å²) in [6.45, 7) is 0.637. The maximum absolute atomic E-state index is 12.3. The molecule has 0 unspecified atom stereocenters. The van der Waals surface area contributed by atoms with Gasteiger partial charge in [0.15, 0.2) is 0 Å². The van der Waals surface area contributed by atoms with Crippen molar-refractivity contribution in [2.45, 2.75) is 19.4 Å². The smallest absolute Gasteiger partial charge is 0.305 e. The van der Waals surface area contributed by atoms with Gasteiger partial charge in [0.1, 0.15) is 0 Å². The first kappa shape index (κ1) is 18.2. The van der Waals surface area contributed by atoms with Crippen molar-refractivity contribution < 1.29 is 19.5 Å². The molecule has 132 valence electrons. The number of benzene rings is 1. The van der Waals surface area contributed by atoms with Crippen molar-refractivity contribution in [1.82, 2.24) is 14.5 Å². The van der Waals surface area contributed by atoms with E-state index in [2.05, 4.69) is 10.3 Å². The van der Waals surface area contributed by atoms with Crippen LogP contribution < -0.4 is 5.32 Å². The van der Waals surface area contributed by atoms with Gasteiger partial charge in [-0.3, -0.25) is 14.4 Å². The van der Waals surface area contributed by atoms with Crippen LogP contribution in [0.4, 0.5) is 5.69 Å². The van der Waals surface area contributed by atoms with E-state index in [1.165, 1.54) is 4.90 Å². The highest BCUT2D eigenvalue weighted by Crippen LogP contribution is 2.13. The first-order valence-electron chi connectivity index (χ1n) is 7.78. The lowest BCUT2D eigenvalue weighted by Crippen LogP contribution is -2.29. The second-order valence-corrected chi connectivity index (χ2v) is 5.55. The fourth-order valence-corrected chi connectivity index (χ4v) is 2.19. The van der Waals surface area contributed by atoms with Crippen molar-refractivity contribution in [3.8, 4) is 0 Å². The average Bonchev–Trinajstić information content (AvgIpc) is 3.11. The highest BCUT2D eigenvalue weighted by molar-refractivity contribution is 5.97. The van der Waals surface area contributed by atoms with Crippen molar-refractivity contribution in [3.05, 3.63) is 48.5 Å². The maximum Gasteiger partial charge on any atom is 0.305 e. The average molecular weight is 344 g/mol. The molecule has 8 heteroatoms. The molecule has 0 saturated heterocycles. The fraction of sp³-hybridized carbons (Fsp3) is 0.294. The fourth-order valence-electron chi connectivity index (χ4n) is 2.19. The first-order valence-corrected chi connectivity index (χ1v) is 7.78. The van der Waals surface area contributed by atoms with Crippen LogP contribution >= 0.6 is 0 Å². The van der Waals surface area contributed by atoms with Crippen LogP contribution in [0.5, 0.6) is 0 Å². The van der Waals surface area contributed by atoms with Crippen molar-refractivity contribution in [1.29, 1.82) is 0 Å². The molecule has 0 aliphatic carbocycles. The predicted molar refractivity (Wildman–Crippen MR) is 91.1 cm³/mol. The Labute approximate surface area is 145 Å². The number of hydrogen-bond donors (Lipinski definition) is 2. The molecule has 0 spiro atoms. The maximum atomic E-state index is 12.3. The minimum atomic E-state index is -0.960. The van der Waals surface area contributed by atoms with E-state index in [0.717, 1.165) is 0 Å². The van der Waals surface area contributed by atoms with Crippen LogP contribution in [0.2, 0.25) is 0 Å². The number of rotatable bonds is 8. The Balaban J connectivity index is 1.92. The lowest BCUT2D eigenvalue weighted by atomic mass is 10.1. The zero-order valence-electron chi connectivity index (χ0n) is 13.9. The number of aryl methyl sites for hydroxylation is 1. The molecule has 0 radical (unpaired) electrons. The molecule has 2 amide bonds. The zero-order valence-corrected chi connectivity index (χ0v) is 13.9. The van der Waals surface area contributed by atoms with Gasteiger partial charge in [0, 0.05) is 50.2 Å². The van der Waals surface area contributed by atoms with Crippen molar-refractivity contribution in [3.63, 3.8) is 0 Å². The molecule has 2 rings (SSSR count). The number of amides is 2. The van der Waals surface area contributed by atoms with Crippen molar-refractivity contribution >= 4 is 23.5 Å². The summed E-state index contributed by atoms with van der Waals surface area (Å²) in [6.07, 6.45) is 5.23. The SMILES string of the molecule is CN(CCC(=O)O)C(=O)c1cccc(NC(=O)CCn2ccnc2)c1. The number of carbonyl (C=O) groups excluding carboxylic acids is 2. The van der Waals surface area contributed by atoms with Crippen molar-refractivity contribution in [2.75, 3.05) is 18.9 Å². The molecule has 1 aromatic heterocycles. The second kappa shape index (κ2) is 8.62. The van der Waals surface area contributed by atoms with Crippen molar-refractivity contribution in [2.24, 2.45) is 0 Å². The largest absolute Gasteiger partial charge is 0.481 e. The van der Waals surface area contributed by atoms with Gasteiger partial charge >= 0.3 is 5.97 Å². The number of nitrogens with one attached hydrogen (secondary N) is 1. The molecule has 0 bridgehead atoms. The topological polar surface area (TPSA) is 105 Å². The van der Waals surface area contributed by atoms with E-state index in [1.54, 1.807) is 54.6 Å². The van der Waals surface area contributed by atoms with E-state index >= 15 is 0 Å². The molecule has 0 fully saturated rings. The number of aromatic nitrogens is 2. The minimum Gasteiger partial charge on any atom is -0.481 e. The molecule has 0 saturated carbocycles.